The highest BCUT2D eigenvalue weighted by atomic mass is 16.5. The van der Waals surface area contributed by atoms with E-state index in [0.717, 1.165) is 10.5 Å². The Kier molecular flexibility index (Phi) is 4.39. The molecule has 0 N–H and O–H groups in total. The lowest BCUT2D eigenvalue weighted by Crippen LogP contribution is -2.59. The number of allylic oxidation sites excluding steroid dienone is 1. The van der Waals surface area contributed by atoms with Crippen molar-refractivity contribution in [3.8, 4) is 5.75 Å². The van der Waals surface area contributed by atoms with Crippen LogP contribution in [0.3, 0.4) is 0 Å². The molecule has 0 bridgehead atoms. The van der Waals surface area contributed by atoms with Gasteiger partial charge in [0.1, 0.15) is 23.2 Å². The van der Waals surface area contributed by atoms with Crippen molar-refractivity contribution in [3.63, 3.8) is 0 Å². The number of para-hydroxylation sites is 2. The topological polar surface area (TPSA) is 74.6 Å². The maximum Gasteiger partial charge on any atom is 0.331 e. The molecule has 130 valence electrons. The molecule has 25 heavy (non-hydrogen) atoms. The third-order valence-corrected chi connectivity index (χ3v) is 4.42. The number of ether oxygens (including phenoxy) is 1. The van der Waals surface area contributed by atoms with Gasteiger partial charge >= 0.3 is 6.03 Å². The molecule has 0 spiro atoms. The molecule has 2 heterocycles. The number of hydrogen-bond donors (Lipinski definition) is 0. The molecule has 2 aliphatic heterocycles. The Bertz CT molecular complexity index is 825. The molecule has 0 aliphatic carbocycles. The molecule has 1 atom stereocenters. The number of amides is 3. The van der Waals surface area contributed by atoms with Gasteiger partial charge in [-0.05, 0) is 24.1 Å². The molecule has 0 saturated carbocycles. The number of urea groups is 1. The van der Waals surface area contributed by atoms with E-state index < -0.39 is 11.9 Å². The molecular formula is C18H20N4O3. The van der Waals surface area contributed by atoms with Crippen LogP contribution >= 0.6 is 0 Å². The van der Waals surface area contributed by atoms with Crippen molar-refractivity contribution in [1.29, 1.82) is 0 Å². The first-order valence-electron chi connectivity index (χ1n) is 8.03. The van der Waals surface area contributed by atoms with Crippen LogP contribution < -0.4 is 4.74 Å². The molecule has 1 unspecified atom stereocenters. The lowest BCUT2D eigenvalue weighted by Gasteiger charge is -2.37. The molecule has 7 heteroatoms. The summed E-state index contributed by atoms with van der Waals surface area (Å²) in [7, 11) is 4.67. The molecule has 0 radical (unpaired) electrons. The molecule has 1 aromatic carbocycles. The summed E-state index contributed by atoms with van der Waals surface area (Å²) < 4.78 is 5.36. The fraction of sp³-hybridized carbons (Fsp3) is 0.333. The van der Waals surface area contributed by atoms with Crippen LogP contribution in [-0.4, -0.2) is 54.5 Å². The second-order valence-electron chi connectivity index (χ2n) is 5.84. The number of hydrogen-bond acceptors (Lipinski definition) is 5. The smallest absolute Gasteiger partial charge is 0.331 e. The van der Waals surface area contributed by atoms with Crippen LogP contribution in [0, 0.1) is 5.92 Å². The molecule has 2 aliphatic rings. The van der Waals surface area contributed by atoms with Gasteiger partial charge < -0.3 is 4.74 Å². The molecule has 3 rings (SSSR count). The summed E-state index contributed by atoms with van der Waals surface area (Å²) in [6.45, 7) is 1.98. The number of fused-ring (bicyclic) bond motifs is 1. The minimum absolute atomic E-state index is 0.324. The molecule has 1 fully saturated rings. The van der Waals surface area contributed by atoms with Gasteiger partial charge in [-0.3, -0.25) is 14.6 Å². The summed E-state index contributed by atoms with van der Waals surface area (Å²) in [6.07, 6.45) is 2.36. The molecule has 3 amide bonds. The highest BCUT2D eigenvalue weighted by Gasteiger charge is 2.45. The van der Waals surface area contributed by atoms with Crippen LogP contribution in [0.15, 0.2) is 46.0 Å². The fourth-order valence-corrected chi connectivity index (χ4v) is 2.97. The van der Waals surface area contributed by atoms with Gasteiger partial charge in [0, 0.05) is 20.3 Å². The zero-order chi connectivity index (χ0) is 18.1. The van der Waals surface area contributed by atoms with Crippen molar-refractivity contribution in [2.75, 3.05) is 21.2 Å². The monoisotopic (exact) mass is 340 g/mol. The Morgan fingerprint density at radius 1 is 1.20 bits per heavy atom. The van der Waals surface area contributed by atoms with Gasteiger partial charge in [0.05, 0.1) is 12.8 Å². The summed E-state index contributed by atoms with van der Waals surface area (Å²) in [6, 6.07) is 6.97. The standard InChI is InChI=1S/C18H20N4O3/c1-5-11-10-19-16-14(17(23)22(3)18(24)21(16)2)15(11)20-12-8-6-7-9-13(12)25-4/h6-10,14H,5H2,1-4H3. The number of aliphatic imine (C=N–C) groups is 2. The van der Waals surface area contributed by atoms with Gasteiger partial charge in [0.2, 0.25) is 5.91 Å². The van der Waals surface area contributed by atoms with Crippen LogP contribution in [0.1, 0.15) is 13.3 Å². The van der Waals surface area contributed by atoms with E-state index in [1.54, 1.807) is 20.4 Å². The Balaban J connectivity index is 2.16. The van der Waals surface area contributed by atoms with E-state index in [1.165, 1.54) is 11.9 Å². The first-order valence-corrected chi connectivity index (χ1v) is 8.03. The average molecular weight is 340 g/mol. The van der Waals surface area contributed by atoms with E-state index >= 15 is 0 Å². The highest BCUT2D eigenvalue weighted by Crippen LogP contribution is 2.32. The predicted molar refractivity (Wildman–Crippen MR) is 95.3 cm³/mol. The summed E-state index contributed by atoms with van der Waals surface area (Å²) in [4.78, 5) is 36.6. The van der Waals surface area contributed by atoms with Crippen LogP contribution in [0.4, 0.5) is 10.5 Å². The van der Waals surface area contributed by atoms with Gasteiger partial charge in [-0.25, -0.2) is 14.8 Å². The van der Waals surface area contributed by atoms with Crippen molar-refractivity contribution in [2.24, 2.45) is 15.9 Å². The van der Waals surface area contributed by atoms with E-state index in [1.807, 2.05) is 31.2 Å². The van der Waals surface area contributed by atoms with Crippen LogP contribution in [0.25, 0.3) is 0 Å². The van der Waals surface area contributed by atoms with Crippen molar-refractivity contribution < 1.29 is 14.3 Å². The maximum absolute atomic E-state index is 12.8. The van der Waals surface area contributed by atoms with Gasteiger partial charge in [-0.2, -0.15) is 0 Å². The highest BCUT2D eigenvalue weighted by molar-refractivity contribution is 6.33. The van der Waals surface area contributed by atoms with Crippen molar-refractivity contribution in [2.45, 2.75) is 13.3 Å². The Morgan fingerprint density at radius 2 is 1.92 bits per heavy atom. The lowest BCUT2D eigenvalue weighted by atomic mass is 9.89. The quantitative estimate of drug-likeness (QED) is 0.849. The van der Waals surface area contributed by atoms with Crippen molar-refractivity contribution in [1.82, 2.24) is 9.80 Å². The second kappa shape index (κ2) is 6.51. The van der Waals surface area contributed by atoms with Gasteiger partial charge in [0.15, 0.2) is 0 Å². The number of rotatable bonds is 3. The van der Waals surface area contributed by atoms with Crippen LogP contribution in [0.2, 0.25) is 0 Å². The Morgan fingerprint density at radius 3 is 2.60 bits per heavy atom. The Hall–Kier alpha value is -2.96. The Labute approximate surface area is 146 Å². The van der Waals surface area contributed by atoms with Gasteiger partial charge in [-0.1, -0.05) is 19.1 Å². The van der Waals surface area contributed by atoms with Crippen molar-refractivity contribution >= 4 is 29.2 Å². The van der Waals surface area contributed by atoms with Crippen molar-refractivity contribution in [3.05, 3.63) is 36.0 Å². The zero-order valence-electron chi connectivity index (χ0n) is 14.7. The number of methoxy groups -OCH3 is 1. The molecule has 1 aromatic rings. The SMILES string of the molecule is CCC1=CN=C2C(C(=O)N(C)C(=O)N2C)C1=Nc1ccccc1OC. The normalized spacial score (nSPS) is 21.9. The third kappa shape index (κ3) is 2.71. The summed E-state index contributed by atoms with van der Waals surface area (Å²) in [5.41, 5.74) is 2.10. The number of benzene rings is 1. The number of imide groups is 1. The number of carbonyl (C=O) groups is 2. The molecule has 0 aromatic heterocycles. The minimum atomic E-state index is -0.697. The van der Waals surface area contributed by atoms with Gasteiger partial charge in [-0.15, -0.1) is 0 Å². The molecular weight excluding hydrogens is 320 g/mol. The molecule has 7 nitrogen and oxygen atoms in total. The predicted octanol–water partition coefficient (Wildman–Crippen LogP) is 2.61. The fourth-order valence-electron chi connectivity index (χ4n) is 2.97. The third-order valence-electron chi connectivity index (χ3n) is 4.42. The zero-order valence-corrected chi connectivity index (χ0v) is 14.7. The summed E-state index contributed by atoms with van der Waals surface area (Å²) >= 11 is 0. The first-order chi connectivity index (χ1) is 12.0. The largest absolute Gasteiger partial charge is 0.494 e. The van der Waals surface area contributed by atoms with E-state index in [0.29, 0.717) is 29.4 Å². The average Bonchev–Trinajstić information content (AvgIpc) is 2.64. The number of nitrogens with zero attached hydrogens (tertiary/aromatic N) is 4. The number of amidine groups is 1. The second-order valence-corrected chi connectivity index (χ2v) is 5.84. The minimum Gasteiger partial charge on any atom is -0.494 e. The van der Waals surface area contributed by atoms with E-state index in [4.69, 9.17) is 9.73 Å². The van der Waals surface area contributed by atoms with E-state index in [2.05, 4.69) is 4.99 Å². The van der Waals surface area contributed by atoms with Crippen LogP contribution in [0.5, 0.6) is 5.75 Å². The number of carbonyl (C=O) groups excluding carboxylic acids is 2. The maximum atomic E-state index is 12.8. The summed E-state index contributed by atoms with van der Waals surface area (Å²) in [5.74, 6) is 0.00150. The lowest BCUT2D eigenvalue weighted by molar-refractivity contribution is -0.128. The summed E-state index contributed by atoms with van der Waals surface area (Å²) in [5, 5.41) is 0. The first kappa shape index (κ1) is 16.9. The van der Waals surface area contributed by atoms with E-state index in [-0.39, 0.29) is 5.91 Å². The van der Waals surface area contributed by atoms with Gasteiger partial charge in [0.25, 0.3) is 0 Å². The van der Waals surface area contributed by atoms with Crippen LogP contribution in [-0.2, 0) is 4.79 Å². The van der Waals surface area contributed by atoms with E-state index in [9.17, 15) is 9.59 Å². The molecule has 1 saturated heterocycles.